The van der Waals surface area contributed by atoms with Gasteiger partial charge in [0.25, 0.3) is 6.43 Å². The average molecular weight is 402 g/mol. The monoisotopic (exact) mass is 401 g/mol. The lowest BCUT2D eigenvalue weighted by Gasteiger charge is -2.13. The van der Waals surface area contributed by atoms with Crippen LogP contribution in [-0.4, -0.2) is 4.98 Å². The zero-order valence-corrected chi connectivity index (χ0v) is 10.5. The summed E-state index contributed by atoms with van der Waals surface area (Å²) in [6, 6.07) is 0. The molecule has 1 aromatic heterocycles. The first kappa shape index (κ1) is 13.1. The third kappa shape index (κ3) is 2.77. The van der Waals surface area contributed by atoms with E-state index >= 15 is 0 Å². The van der Waals surface area contributed by atoms with Crippen molar-refractivity contribution in [2.75, 3.05) is 0 Å². The van der Waals surface area contributed by atoms with Gasteiger partial charge < -0.3 is 0 Å². The maximum Gasteiger partial charge on any atom is 0.418 e. The van der Waals surface area contributed by atoms with Crippen LogP contribution in [0.3, 0.4) is 0 Å². The Kier molecular flexibility index (Phi) is 3.90. The maximum absolute atomic E-state index is 12.4. The van der Waals surface area contributed by atoms with Crippen LogP contribution >= 0.6 is 38.5 Å². The molecule has 0 saturated carbocycles. The number of halogens is 7. The van der Waals surface area contributed by atoms with Gasteiger partial charge in [-0.2, -0.15) is 13.2 Å². The van der Waals surface area contributed by atoms with Gasteiger partial charge in [0.2, 0.25) is 0 Å². The Morgan fingerprint density at radius 1 is 1.33 bits per heavy atom. The molecule has 1 rings (SSSR count). The van der Waals surface area contributed by atoms with E-state index in [0.29, 0.717) is 0 Å². The van der Waals surface area contributed by atoms with E-state index in [4.69, 9.17) is 0 Å². The van der Waals surface area contributed by atoms with Crippen molar-refractivity contribution in [3.8, 4) is 0 Å². The third-order valence-corrected chi connectivity index (χ3v) is 3.18. The highest BCUT2D eigenvalue weighted by Gasteiger charge is 2.37. The normalized spacial score (nSPS) is 12.3. The first-order valence-corrected chi connectivity index (χ1v) is 5.31. The number of hydrogen-bond donors (Lipinski definition) is 0. The first-order chi connectivity index (χ1) is 6.75. The molecule has 1 aromatic rings. The van der Waals surface area contributed by atoms with Crippen LogP contribution in [0.2, 0.25) is 0 Å². The Labute approximate surface area is 103 Å². The lowest BCUT2D eigenvalue weighted by molar-refractivity contribution is -0.139. The van der Waals surface area contributed by atoms with Crippen molar-refractivity contribution in [2.45, 2.75) is 12.6 Å². The van der Waals surface area contributed by atoms with Crippen molar-refractivity contribution in [3.63, 3.8) is 0 Å². The number of nitrogens with zero attached hydrogens (tertiary/aromatic N) is 1. The molecular formula is C7H2BrF5IN. The summed E-state index contributed by atoms with van der Waals surface area (Å²) in [5.41, 5.74) is -1.97. The van der Waals surface area contributed by atoms with Crippen molar-refractivity contribution >= 4 is 38.5 Å². The predicted molar refractivity (Wildman–Crippen MR) is 54.6 cm³/mol. The molecule has 0 aliphatic rings. The molecule has 1 nitrogen and oxygen atoms in total. The number of aromatic nitrogens is 1. The molecule has 1 heterocycles. The van der Waals surface area contributed by atoms with Gasteiger partial charge >= 0.3 is 6.18 Å². The second-order valence-corrected chi connectivity index (χ2v) is 4.41. The lowest BCUT2D eigenvalue weighted by atomic mass is 10.2. The minimum Gasteiger partial charge on any atom is -0.253 e. The van der Waals surface area contributed by atoms with Gasteiger partial charge in [0.1, 0.15) is 5.69 Å². The van der Waals surface area contributed by atoms with Crippen LogP contribution in [0.5, 0.6) is 0 Å². The van der Waals surface area contributed by atoms with E-state index in [1.807, 2.05) is 0 Å². The van der Waals surface area contributed by atoms with Gasteiger partial charge in [-0.3, -0.25) is 4.98 Å². The fourth-order valence-corrected chi connectivity index (χ4v) is 2.76. The molecule has 0 fully saturated rings. The van der Waals surface area contributed by atoms with E-state index in [2.05, 4.69) is 20.9 Å². The van der Waals surface area contributed by atoms with Gasteiger partial charge in [-0.25, -0.2) is 8.78 Å². The van der Waals surface area contributed by atoms with Crippen LogP contribution in [0.25, 0.3) is 0 Å². The summed E-state index contributed by atoms with van der Waals surface area (Å²) < 4.78 is 61.0. The lowest BCUT2D eigenvalue weighted by Crippen LogP contribution is -2.12. The van der Waals surface area contributed by atoms with Crippen LogP contribution in [0.15, 0.2) is 10.7 Å². The second kappa shape index (κ2) is 4.48. The van der Waals surface area contributed by atoms with Crippen molar-refractivity contribution in [1.82, 2.24) is 4.98 Å². The summed E-state index contributed by atoms with van der Waals surface area (Å²) in [6.45, 7) is 0. The van der Waals surface area contributed by atoms with Crippen LogP contribution in [0.1, 0.15) is 17.7 Å². The number of rotatable bonds is 1. The van der Waals surface area contributed by atoms with Gasteiger partial charge in [0.15, 0.2) is 0 Å². The predicted octanol–water partition coefficient (Wildman–Crippen LogP) is 4.41. The van der Waals surface area contributed by atoms with Gasteiger partial charge in [0.05, 0.1) is 9.13 Å². The van der Waals surface area contributed by atoms with Crippen molar-refractivity contribution in [2.24, 2.45) is 0 Å². The van der Waals surface area contributed by atoms with Crippen molar-refractivity contribution in [1.29, 1.82) is 0 Å². The zero-order valence-electron chi connectivity index (χ0n) is 6.75. The molecule has 8 heteroatoms. The number of hydrogen-bond acceptors (Lipinski definition) is 1. The molecule has 0 N–H and O–H groups in total. The van der Waals surface area contributed by atoms with E-state index in [0.717, 1.165) is 6.20 Å². The molecule has 0 atom stereocenters. The van der Waals surface area contributed by atoms with Crippen molar-refractivity contribution in [3.05, 3.63) is 25.5 Å². The Morgan fingerprint density at radius 3 is 2.27 bits per heavy atom. The van der Waals surface area contributed by atoms with Gasteiger partial charge in [-0.1, -0.05) is 0 Å². The summed E-state index contributed by atoms with van der Waals surface area (Å²) >= 11 is 3.85. The van der Waals surface area contributed by atoms with Crippen LogP contribution in [-0.2, 0) is 6.18 Å². The minimum absolute atomic E-state index is 0.344. The number of alkyl halides is 5. The Bertz CT molecular complexity index is 378. The molecule has 15 heavy (non-hydrogen) atoms. The number of pyridine rings is 1. The Morgan fingerprint density at radius 2 is 1.87 bits per heavy atom. The molecule has 0 aliphatic carbocycles. The molecule has 84 valence electrons. The Balaban J connectivity index is 3.44. The smallest absolute Gasteiger partial charge is 0.253 e. The van der Waals surface area contributed by atoms with E-state index in [9.17, 15) is 22.0 Å². The summed E-state index contributed by atoms with van der Waals surface area (Å²) in [7, 11) is 0. The molecule has 0 bridgehead atoms. The van der Waals surface area contributed by atoms with Gasteiger partial charge in [-0.15, -0.1) is 0 Å². The first-order valence-electron chi connectivity index (χ1n) is 3.44. The van der Waals surface area contributed by atoms with Gasteiger partial charge in [0, 0.05) is 10.7 Å². The van der Waals surface area contributed by atoms with Crippen LogP contribution < -0.4 is 0 Å². The Hall–Kier alpha value is 0.01000. The van der Waals surface area contributed by atoms with Crippen LogP contribution in [0.4, 0.5) is 22.0 Å². The highest BCUT2D eigenvalue weighted by atomic mass is 127. The second-order valence-electron chi connectivity index (χ2n) is 2.48. The van der Waals surface area contributed by atoms with Crippen molar-refractivity contribution < 1.29 is 22.0 Å². The largest absolute Gasteiger partial charge is 0.418 e. The molecular weight excluding hydrogens is 400 g/mol. The van der Waals surface area contributed by atoms with E-state index in [1.165, 1.54) is 22.6 Å². The molecule has 0 aliphatic heterocycles. The molecule has 0 aromatic carbocycles. The fourth-order valence-electron chi connectivity index (χ4n) is 0.892. The van der Waals surface area contributed by atoms with E-state index in [1.54, 1.807) is 0 Å². The molecule has 0 spiro atoms. The van der Waals surface area contributed by atoms with E-state index < -0.39 is 27.4 Å². The molecule has 0 unspecified atom stereocenters. The summed E-state index contributed by atoms with van der Waals surface area (Å²) in [4.78, 5) is 3.25. The zero-order chi connectivity index (χ0) is 11.8. The highest BCUT2D eigenvalue weighted by Crippen LogP contribution is 2.40. The van der Waals surface area contributed by atoms with Gasteiger partial charge in [-0.05, 0) is 38.5 Å². The summed E-state index contributed by atoms with van der Waals surface area (Å²) in [6.07, 6.45) is -6.97. The maximum atomic E-state index is 12.4. The summed E-state index contributed by atoms with van der Waals surface area (Å²) in [5, 5.41) is 0. The quantitative estimate of drug-likeness (QED) is 0.502. The highest BCUT2D eigenvalue weighted by molar-refractivity contribution is 14.1. The molecule has 0 radical (unpaired) electrons. The molecule has 0 amide bonds. The summed E-state index contributed by atoms with van der Waals surface area (Å²) in [5.74, 6) is 0. The molecule has 0 saturated heterocycles. The average Bonchev–Trinajstić information content (AvgIpc) is 2.00. The third-order valence-electron chi connectivity index (χ3n) is 1.49. The van der Waals surface area contributed by atoms with Crippen LogP contribution in [0, 0.1) is 3.57 Å². The fraction of sp³-hybridized carbons (Fsp3) is 0.286. The SMILES string of the molecule is FC(F)c1ncc(Br)c(C(F)(F)F)c1I. The van der Waals surface area contributed by atoms with E-state index in [-0.39, 0.29) is 4.47 Å². The standard InChI is InChI=1S/C7H2BrF5IN/c8-2-1-15-5(6(9)10)4(14)3(2)7(11,12)13/h1,6H. The topological polar surface area (TPSA) is 12.9 Å². The minimum atomic E-state index is -4.68.